The normalized spacial score (nSPS) is 14.2. The third kappa shape index (κ3) is 3.07. The minimum absolute atomic E-state index is 0.631. The maximum atomic E-state index is 4.55. The first-order valence-corrected chi connectivity index (χ1v) is 8.56. The Morgan fingerprint density at radius 1 is 0.955 bits per heavy atom. The van der Waals surface area contributed by atoms with E-state index in [2.05, 4.69) is 63.7 Å². The lowest BCUT2D eigenvalue weighted by Gasteiger charge is -2.03. The third-order valence-corrected chi connectivity index (χ3v) is 4.79. The van der Waals surface area contributed by atoms with Crippen LogP contribution in [0.2, 0.25) is 0 Å². The number of benzene rings is 2. The fourth-order valence-electron chi connectivity index (χ4n) is 2.43. The predicted octanol–water partition coefficient (Wildman–Crippen LogP) is 4.64. The predicted molar refractivity (Wildman–Crippen MR) is 89.8 cm³/mol. The van der Waals surface area contributed by atoms with Crippen LogP contribution in [-0.4, -0.2) is 15.2 Å². The first-order valence-electron chi connectivity index (χ1n) is 7.58. The second-order valence-electron chi connectivity index (χ2n) is 5.63. The number of nitrogens with zero attached hydrogens (tertiary/aromatic N) is 2. The number of H-pyrrole nitrogens is 1. The number of nitrogens with one attached hydrogen (secondary N) is 1. The van der Waals surface area contributed by atoms with Gasteiger partial charge in [-0.2, -0.15) is 0 Å². The summed E-state index contributed by atoms with van der Waals surface area (Å²) < 4.78 is 0. The summed E-state index contributed by atoms with van der Waals surface area (Å²) >= 11 is 1.69. The lowest BCUT2D eigenvalue weighted by Crippen LogP contribution is -1.84. The van der Waals surface area contributed by atoms with Gasteiger partial charge in [-0.25, -0.2) is 4.98 Å². The van der Waals surface area contributed by atoms with Gasteiger partial charge in [-0.3, -0.25) is 5.10 Å². The fourth-order valence-corrected chi connectivity index (χ4v) is 3.20. The molecule has 1 aliphatic rings. The Balaban J connectivity index is 1.40. The van der Waals surface area contributed by atoms with Crippen LogP contribution in [0.5, 0.6) is 0 Å². The third-order valence-electron chi connectivity index (χ3n) is 3.88. The average molecular weight is 307 g/mol. The van der Waals surface area contributed by atoms with Gasteiger partial charge in [-0.1, -0.05) is 66.4 Å². The van der Waals surface area contributed by atoms with Crippen LogP contribution in [0.3, 0.4) is 0 Å². The summed E-state index contributed by atoms with van der Waals surface area (Å²) in [5.41, 5.74) is 3.80. The summed E-state index contributed by atoms with van der Waals surface area (Å²) in [4.78, 5) is 4.55. The van der Waals surface area contributed by atoms with Crippen molar-refractivity contribution in [3.8, 4) is 11.1 Å². The average Bonchev–Trinajstić information content (AvgIpc) is 3.33. The molecule has 22 heavy (non-hydrogen) atoms. The van der Waals surface area contributed by atoms with Crippen LogP contribution < -0.4 is 0 Å². The molecule has 0 bridgehead atoms. The van der Waals surface area contributed by atoms with E-state index >= 15 is 0 Å². The van der Waals surface area contributed by atoms with Gasteiger partial charge in [0.05, 0.1) is 0 Å². The Labute approximate surface area is 134 Å². The van der Waals surface area contributed by atoms with Crippen molar-refractivity contribution in [3.05, 3.63) is 66.0 Å². The summed E-state index contributed by atoms with van der Waals surface area (Å²) in [5, 5.41) is 8.19. The second-order valence-corrected chi connectivity index (χ2v) is 6.57. The molecule has 0 radical (unpaired) electrons. The smallest absolute Gasteiger partial charge is 0.208 e. The molecule has 1 aromatic heterocycles. The first kappa shape index (κ1) is 13.6. The van der Waals surface area contributed by atoms with Crippen molar-refractivity contribution >= 4 is 11.8 Å². The lowest BCUT2D eigenvalue weighted by atomic mass is 10.0. The standard InChI is InChI=1S/C18H17N3S/c1-2-4-14(5-3-1)15-8-6-13(7-9-15)12-22-18-19-17(20-21-18)16-10-11-16/h1-9,16H,10-12H2,(H,19,20,21). The molecule has 1 N–H and O–H groups in total. The highest BCUT2D eigenvalue weighted by Gasteiger charge is 2.27. The topological polar surface area (TPSA) is 41.6 Å². The highest BCUT2D eigenvalue weighted by atomic mass is 32.2. The number of aromatic nitrogens is 3. The molecule has 0 spiro atoms. The number of hydrogen-bond donors (Lipinski definition) is 1. The summed E-state index contributed by atoms with van der Waals surface area (Å²) in [7, 11) is 0. The molecule has 2 aromatic carbocycles. The van der Waals surface area contributed by atoms with Crippen LogP contribution in [0.1, 0.15) is 30.1 Å². The maximum absolute atomic E-state index is 4.55. The van der Waals surface area contributed by atoms with E-state index in [9.17, 15) is 0 Å². The summed E-state index contributed by atoms with van der Waals surface area (Å²) in [5.74, 6) is 2.59. The van der Waals surface area contributed by atoms with Crippen molar-refractivity contribution in [1.82, 2.24) is 15.2 Å². The summed E-state index contributed by atoms with van der Waals surface area (Å²) in [6.45, 7) is 0. The number of thioether (sulfide) groups is 1. The van der Waals surface area contributed by atoms with Gasteiger partial charge in [0.25, 0.3) is 0 Å². The van der Waals surface area contributed by atoms with Crippen LogP contribution in [0.4, 0.5) is 0 Å². The molecule has 1 heterocycles. The highest BCUT2D eigenvalue weighted by Crippen LogP contribution is 2.38. The maximum Gasteiger partial charge on any atom is 0.208 e. The van der Waals surface area contributed by atoms with Crippen LogP contribution in [0.25, 0.3) is 11.1 Å². The monoisotopic (exact) mass is 307 g/mol. The number of rotatable bonds is 5. The number of aromatic amines is 1. The minimum atomic E-state index is 0.631. The zero-order valence-corrected chi connectivity index (χ0v) is 13.0. The molecule has 3 aromatic rings. The van der Waals surface area contributed by atoms with Gasteiger partial charge in [0.1, 0.15) is 5.82 Å². The Morgan fingerprint density at radius 3 is 2.41 bits per heavy atom. The quantitative estimate of drug-likeness (QED) is 0.698. The van der Waals surface area contributed by atoms with Crippen molar-refractivity contribution < 1.29 is 0 Å². The molecule has 0 saturated heterocycles. The molecule has 0 aliphatic heterocycles. The van der Waals surface area contributed by atoms with Gasteiger partial charge in [-0.05, 0) is 29.5 Å². The van der Waals surface area contributed by atoms with Crippen molar-refractivity contribution in [2.75, 3.05) is 0 Å². The van der Waals surface area contributed by atoms with Gasteiger partial charge in [0.2, 0.25) is 5.16 Å². The summed E-state index contributed by atoms with van der Waals surface area (Å²) in [6.07, 6.45) is 2.50. The minimum Gasteiger partial charge on any atom is -0.262 e. The molecular formula is C18H17N3S. The second kappa shape index (κ2) is 5.97. The van der Waals surface area contributed by atoms with Gasteiger partial charge in [0, 0.05) is 11.7 Å². The molecular weight excluding hydrogens is 290 g/mol. The van der Waals surface area contributed by atoms with E-state index in [4.69, 9.17) is 0 Å². The first-order chi connectivity index (χ1) is 10.9. The van der Waals surface area contributed by atoms with Crippen LogP contribution in [0, 0.1) is 0 Å². The van der Waals surface area contributed by atoms with E-state index in [-0.39, 0.29) is 0 Å². The van der Waals surface area contributed by atoms with Crippen molar-refractivity contribution in [2.24, 2.45) is 0 Å². The molecule has 110 valence electrons. The Morgan fingerprint density at radius 2 is 1.68 bits per heavy atom. The Hall–Kier alpha value is -2.07. The fraction of sp³-hybridized carbons (Fsp3) is 0.222. The molecule has 1 aliphatic carbocycles. The molecule has 1 saturated carbocycles. The van der Waals surface area contributed by atoms with Gasteiger partial charge < -0.3 is 0 Å². The summed E-state index contributed by atoms with van der Waals surface area (Å²) in [6, 6.07) is 19.2. The number of hydrogen-bond acceptors (Lipinski definition) is 3. The van der Waals surface area contributed by atoms with E-state index < -0.39 is 0 Å². The highest BCUT2D eigenvalue weighted by molar-refractivity contribution is 7.98. The van der Waals surface area contributed by atoms with E-state index in [1.54, 1.807) is 11.8 Å². The molecule has 4 rings (SSSR count). The van der Waals surface area contributed by atoms with Gasteiger partial charge >= 0.3 is 0 Å². The molecule has 4 heteroatoms. The van der Waals surface area contributed by atoms with Crippen molar-refractivity contribution in [2.45, 2.75) is 29.7 Å². The Kier molecular flexibility index (Phi) is 3.69. The van der Waals surface area contributed by atoms with Gasteiger partial charge in [-0.15, -0.1) is 5.10 Å². The van der Waals surface area contributed by atoms with Crippen LogP contribution in [-0.2, 0) is 5.75 Å². The zero-order valence-electron chi connectivity index (χ0n) is 12.2. The Bertz CT molecular complexity index is 746. The van der Waals surface area contributed by atoms with E-state index in [0.29, 0.717) is 5.92 Å². The molecule has 0 unspecified atom stereocenters. The molecule has 1 fully saturated rings. The van der Waals surface area contributed by atoms with Crippen molar-refractivity contribution in [3.63, 3.8) is 0 Å². The van der Waals surface area contributed by atoms with E-state index in [1.807, 2.05) is 6.07 Å². The van der Waals surface area contributed by atoms with Crippen molar-refractivity contribution in [1.29, 1.82) is 0 Å². The van der Waals surface area contributed by atoms with E-state index in [0.717, 1.165) is 16.7 Å². The largest absolute Gasteiger partial charge is 0.262 e. The van der Waals surface area contributed by atoms with E-state index in [1.165, 1.54) is 29.5 Å². The van der Waals surface area contributed by atoms with Gasteiger partial charge in [0.15, 0.2) is 0 Å². The molecule has 0 amide bonds. The molecule has 3 nitrogen and oxygen atoms in total. The zero-order chi connectivity index (χ0) is 14.8. The lowest BCUT2D eigenvalue weighted by molar-refractivity contribution is 0.932. The van der Waals surface area contributed by atoms with Crippen LogP contribution >= 0.6 is 11.8 Å². The molecule has 0 atom stereocenters. The van der Waals surface area contributed by atoms with Crippen LogP contribution in [0.15, 0.2) is 59.8 Å². The SMILES string of the molecule is c1ccc(-c2ccc(CSc3n[nH]c(C4CC4)n3)cc2)cc1.